The standard InChI is InChI=1S/C17H22N2O4/c1-22-7-6-19-11-13(9-16(19)20)17(21)18-10-14-8-12-4-2-3-5-15(12)23-14/h2-5,13-14H,6-11H2,1H3,(H,18,21)/t13-,14+/m1/s1. The molecule has 1 aromatic carbocycles. The number of carbonyl (C=O) groups is 2. The van der Waals surface area contributed by atoms with E-state index in [0.29, 0.717) is 26.2 Å². The molecule has 0 radical (unpaired) electrons. The van der Waals surface area contributed by atoms with Gasteiger partial charge in [-0.05, 0) is 11.6 Å². The number of nitrogens with one attached hydrogen (secondary N) is 1. The molecule has 0 bridgehead atoms. The highest BCUT2D eigenvalue weighted by atomic mass is 16.5. The summed E-state index contributed by atoms with van der Waals surface area (Å²) in [6.07, 6.45) is 1.06. The predicted molar refractivity (Wildman–Crippen MR) is 84.1 cm³/mol. The van der Waals surface area contributed by atoms with Crippen molar-refractivity contribution >= 4 is 11.8 Å². The molecule has 0 unspecified atom stereocenters. The first kappa shape index (κ1) is 15.8. The summed E-state index contributed by atoms with van der Waals surface area (Å²) < 4.78 is 10.8. The Kier molecular flexibility index (Phi) is 4.81. The van der Waals surface area contributed by atoms with Crippen molar-refractivity contribution in [3.8, 4) is 5.75 Å². The number of nitrogens with zero attached hydrogens (tertiary/aromatic N) is 1. The summed E-state index contributed by atoms with van der Waals surface area (Å²) in [6, 6.07) is 7.92. The quantitative estimate of drug-likeness (QED) is 0.834. The molecule has 2 atom stereocenters. The topological polar surface area (TPSA) is 67.9 Å². The van der Waals surface area contributed by atoms with Gasteiger partial charge in [0.05, 0.1) is 19.1 Å². The summed E-state index contributed by atoms with van der Waals surface area (Å²) in [5.74, 6) is 0.571. The molecule has 0 aliphatic carbocycles. The first-order valence-electron chi connectivity index (χ1n) is 7.96. The van der Waals surface area contributed by atoms with Crippen LogP contribution in [0.4, 0.5) is 0 Å². The van der Waals surface area contributed by atoms with E-state index in [0.717, 1.165) is 12.2 Å². The Morgan fingerprint density at radius 1 is 1.39 bits per heavy atom. The average Bonchev–Trinajstić information content (AvgIpc) is 3.13. The van der Waals surface area contributed by atoms with E-state index in [1.54, 1.807) is 12.0 Å². The molecule has 6 heteroatoms. The zero-order chi connectivity index (χ0) is 16.2. The molecule has 0 aromatic heterocycles. The van der Waals surface area contributed by atoms with Crippen molar-refractivity contribution in [3.63, 3.8) is 0 Å². The van der Waals surface area contributed by atoms with Gasteiger partial charge in [-0.25, -0.2) is 0 Å². The van der Waals surface area contributed by atoms with Gasteiger partial charge < -0.3 is 19.7 Å². The number of likely N-dealkylation sites (tertiary alicyclic amines) is 1. The maximum Gasteiger partial charge on any atom is 0.225 e. The van der Waals surface area contributed by atoms with Crippen molar-refractivity contribution < 1.29 is 19.1 Å². The summed E-state index contributed by atoms with van der Waals surface area (Å²) in [4.78, 5) is 25.8. The van der Waals surface area contributed by atoms with Gasteiger partial charge in [0.2, 0.25) is 11.8 Å². The van der Waals surface area contributed by atoms with Crippen LogP contribution in [-0.4, -0.2) is 56.2 Å². The van der Waals surface area contributed by atoms with Crippen LogP contribution in [0.3, 0.4) is 0 Å². The van der Waals surface area contributed by atoms with E-state index in [1.807, 2.05) is 24.3 Å². The first-order chi connectivity index (χ1) is 11.2. The highest BCUT2D eigenvalue weighted by molar-refractivity contribution is 5.89. The van der Waals surface area contributed by atoms with Gasteiger partial charge in [-0.3, -0.25) is 9.59 Å². The Balaban J connectivity index is 1.45. The summed E-state index contributed by atoms with van der Waals surface area (Å²) in [5.41, 5.74) is 1.17. The zero-order valence-corrected chi connectivity index (χ0v) is 13.3. The lowest BCUT2D eigenvalue weighted by molar-refractivity contribution is -0.129. The van der Waals surface area contributed by atoms with Crippen LogP contribution in [0.15, 0.2) is 24.3 Å². The SMILES string of the molecule is COCCN1C[C@H](C(=O)NC[C@@H]2Cc3ccccc3O2)CC1=O. The van der Waals surface area contributed by atoms with Crippen LogP contribution < -0.4 is 10.1 Å². The van der Waals surface area contributed by atoms with Gasteiger partial charge in [-0.1, -0.05) is 18.2 Å². The van der Waals surface area contributed by atoms with Gasteiger partial charge in [0, 0.05) is 33.0 Å². The number of methoxy groups -OCH3 is 1. The molecule has 1 saturated heterocycles. The van der Waals surface area contributed by atoms with E-state index < -0.39 is 0 Å². The van der Waals surface area contributed by atoms with Gasteiger partial charge in [0.15, 0.2) is 0 Å². The number of amides is 2. The molecule has 6 nitrogen and oxygen atoms in total. The number of fused-ring (bicyclic) bond motifs is 1. The minimum atomic E-state index is -0.275. The van der Waals surface area contributed by atoms with Gasteiger partial charge >= 0.3 is 0 Å². The monoisotopic (exact) mass is 318 g/mol. The molecular formula is C17H22N2O4. The number of carbonyl (C=O) groups excluding carboxylic acids is 2. The normalized spacial score (nSPS) is 22.8. The Hall–Kier alpha value is -2.08. The second-order valence-electron chi connectivity index (χ2n) is 6.03. The Labute approximate surface area is 135 Å². The third kappa shape index (κ3) is 3.64. The molecule has 0 spiro atoms. The molecular weight excluding hydrogens is 296 g/mol. The molecule has 2 aliphatic rings. The van der Waals surface area contributed by atoms with E-state index >= 15 is 0 Å². The summed E-state index contributed by atoms with van der Waals surface area (Å²) in [5, 5.41) is 2.92. The summed E-state index contributed by atoms with van der Waals surface area (Å²) in [7, 11) is 1.60. The third-order valence-corrected chi connectivity index (χ3v) is 4.37. The smallest absolute Gasteiger partial charge is 0.225 e. The van der Waals surface area contributed by atoms with Crippen LogP contribution in [-0.2, 0) is 20.7 Å². The molecule has 124 valence electrons. The molecule has 1 fully saturated rings. The van der Waals surface area contributed by atoms with Crippen molar-refractivity contribution in [2.75, 3.05) is 33.4 Å². The number of benzene rings is 1. The van der Waals surface area contributed by atoms with Crippen LogP contribution in [0.5, 0.6) is 5.75 Å². The number of para-hydroxylation sites is 1. The van der Waals surface area contributed by atoms with E-state index in [1.165, 1.54) is 5.56 Å². The molecule has 2 heterocycles. The lowest BCUT2D eigenvalue weighted by Crippen LogP contribution is -2.39. The molecule has 2 aliphatic heterocycles. The maximum atomic E-state index is 12.3. The van der Waals surface area contributed by atoms with E-state index in [9.17, 15) is 9.59 Å². The van der Waals surface area contributed by atoms with E-state index in [2.05, 4.69) is 5.32 Å². The van der Waals surface area contributed by atoms with Crippen LogP contribution in [0, 0.1) is 5.92 Å². The average molecular weight is 318 g/mol. The lowest BCUT2D eigenvalue weighted by atomic mass is 10.1. The maximum absolute atomic E-state index is 12.3. The molecule has 23 heavy (non-hydrogen) atoms. The Morgan fingerprint density at radius 3 is 3.00 bits per heavy atom. The first-order valence-corrected chi connectivity index (χ1v) is 7.96. The fourth-order valence-electron chi connectivity index (χ4n) is 3.09. The zero-order valence-electron chi connectivity index (χ0n) is 13.3. The minimum absolute atomic E-state index is 0.0201. The van der Waals surface area contributed by atoms with Crippen LogP contribution in [0.1, 0.15) is 12.0 Å². The van der Waals surface area contributed by atoms with Crippen molar-refractivity contribution in [1.82, 2.24) is 10.2 Å². The Morgan fingerprint density at radius 2 is 2.22 bits per heavy atom. The number of hydrogen-bond acceptors (Lipinski definition) is 4. The fraction of sp³-hybridized carbons (Fsp3) is 0.529. The third-order valence-electron chi connectivity index (χ3n) is 4.37. The molecule has 3 rings (SSSR count). The van der Waals surface area contributed by atoms with Gasteiger partial charge in [-0.15, -0.1) is 0 Å². The van der Waals surface area contributed by atoms with Gasteiger partial charge in [-0.2, -0.15) is 0 Å². The van der Waals surface area contributed by atoms with E-state index in [4.69, 9.17) is 9.47 Å². The highest BCUT2D eigenvalue weighted by Crippen LogP contribution is 2.27. The summed E-state index contributed by atoms with van der Waals surface area (Å²) >= 11 is 0. The van der Waals surface area contributed by atoms with Crippen molar-refractivity contribution in [2.24, 2.45) is 5.92 Å². The van der Waals surface area contributed by atoms with Crippen molar-refractivity contribution in [3.05, 3.63) is 29.8 Å². The van der Waals surface area contributed by atoms with Crippen LogP contribution in [0.25, 0.3) is 0 Å². The predicted octanol–water partition coefficient (Wildman–Crippen LogP) is 0.601. The molecule has 0 saturated carbocycles. The second kappa shape index (κ2) is 7.00. The van der Waals surface area contributed by atoms with Crippen LogP contribution in [0.2, 0.25) is 0 Å². The van der Waals surface area contributed by atoms with Crippen LogP contribution >= 0.6 is 0 Å². The van der Waals surface area contributed by atoms with Gasteiger partial charge in [0.25, 0.3) is 0 Å². The molecule has 1 aromatic rings. The number of ether oxygens (including phenoxy) is 2. The lowest BCUT2D eigenvalue weighted by Gasteiger charge is -2.16. The molecule has 2 amide bonds. The largest absolute Gasteiger partial charge is 0.488 e. The van der Waals surface area contributed by atoms with Gasteiger partial charge in [0.1, 0.15) is 11.9 Å². The van der Waals surface area contributed by atoms with Crippen molar-refractivity contribution in [1.29, 1.82) is 0 Å². The van der Waals surface area contributed by atoms with E-state index in [-0.39, 0.29) is 30.3 Å². The Bertz CT molecular complexity index is 565. The number of rotatable bonds is 6. The van der Waals surface area contributed by atoms with Crippen molar-refractivity contribution in [2.45, 2.75) is 18.9 Å². The minimum Gasteiger partial charge on any atom is -0.488 e. The summed E-state index contributed by atoms with van der Waals surface area (Å²) in [6.45, 7) is 1.98. The number of hydrogen-bond donors (Lipinski definition) is 1. The second-order valence-corrected chi connectivity index (χ2v) is 6.03. The highest BCUT2D eigenvalue weighted by Gasteiger charge is 2.34. The molecule has 1 N–H and O–H groups in total. The fourth-order valence-corrected chi connectivity index (χ4v) is 3.09.